The van der Waals surface area contributed by atoms with Gasteiger partial charge in [0.2, 0.25) is 0 Å². The van der Waals surface area contributed by atoms with Gasteiger partial charge in [-0.2, -0.15) is 0 Å². The van der Waals surface area contributed by atoms with E-state index in [1.165, 1.54) is 12.1 Å². The monoisotopic (exact) mass is 226 g/mol. The number of anilines is 1. The van der Waals surface area contributed by atoms with Gasteiger partial charge in [-0.1, -0.05) is 0 Å². The molecule has 1 aromatic carbocycles. The summed E-state index contributed by atoms with van der Waals surface area (Å²) < 4.78 is 13.1. The van der Waals surface area contributed by atoms with Crippen molar-refractivity contribution in [1.82, 2.24) is 0 Å². The van der Waals surface area contributed by atoms with Gasteiger partial charge in [-0.15, -0.1) is 0 Å². The highest BCUT2D eigenvalue weighted by Crippen LogP contribution is 2.20. The van der Waals surface area contributed by atoms with Gasteiger partial charge in [-0.3, -0.25) is 4.79 Å². The summed E-state index contributed by atoms with van der Waals surface area (Å²) in [5.41, 5.74) is 6.80. The van der Waals surface area contributed by atoms with Gasteiger partial charge in [-0.05, 0) is 23.8 Å². The minimum Gasteiger partial charge on any atom is -0.480 e. The number of halogens is 1. The Morgan fingerprint density at radius 3 is 2.69 bits per heavy atom. The fourth-order valence-corrected chi connectivity index (χ4v) is 1.48. The molecule has 1 rings (SSSR count). The molecule has 0 aliphatic heterocycles. The molecular formula is C11H15FN2O2. The zero-order valence-corrected chi connectivity index (χ0v) is 9.27. The van der Waals surface area contributed by atoms with Crippen LogP contribution in [0.1, 0.15) is 5.56 Å². The average molecular weight is 226 g/mol. The van der Waals surface area contributed by atoms with Crippen molar-refractivity contribution in [3.8, 4) is 0 Å². The maximum absolute atomic E-state index is 13.1. The minimum atomic E-state index is -1.09. The maximum atomic E-state index is 13.1. The number of carbonyl (C=O) groups is 1. The molecular weight excluding hydrogens is 211 g/mol. The Bertz CT molecular complexity index is 394. The first-order valence-corrected chi connectivity index (χ1v) is 4.86. The Morgan fingerprint density at radius 1 is 1.56 bits per heavy atom. The lowest BCUT2D eigenvalue weighted by Gasteiger charge is -2.18. The second-order valence-corrected chi connectivity index (χ2v) is 3.82. The first-order chi connectivity index (χ1) is 7.41. The van der Waals surface area contributed by atoms with Crippen LogP contribution < -0.4 is 10.6 Å². The van der Waals surface area contributed by atoms with E-state index >= 15 is 0 Å². The molecule has 1 aromatic rings. The Morgan fingerprint density at radius 2 is 2.19 bits per heavy atom. The van der Waals surface area contributed by atoms with Crippen LogP contribution in [0.2, 0.25) is 0 Å². The molecule has 0 aliphatic carbocycles. The van der Waals surface area contributed by atoms with Gasteiger partial charge in [0.15, 0.2) is 0 Å². The van der Waals surface area contributed by atoms with Crippen molar-refractivity contribution in [3.63, 3.8) is 0 Å². The zero-order chi connectivity index (χ0) is 12.3. The van der Waals surface area contributed by atoms with Crippen molar-refractivity contribution in [2.45, 2.75) is 12.5 Å². The van der Waals surface area contributed by atoms with Crippen molar-refractivity contribution in [2.24, 2.45) is 5.73 Å². The number of benzene rings is 1. The molecule has 0 radical (unpaired) electrons. The topological polar surface area (TPSA) is 66.6 Å². The van der Waals surface area contributed by atoms with Crippen LogP contribution in [0.15, 0.2) is 18.2 Å². The Hall–Kier alpha value is -1.62. The fourth-order valence-electron chi connectivity index (χ4n) is 1.48. The Kier molecular flexibility index (Phi) is 3.84. The summed E-state index contributed by atoms with van der Waals surface area (Å²) in [5.74, 6) is -1.48. The lowest BCUT2D eigenvalue weighted by molar-refractivity contribution is -0.138. The van der Waals surface area contributed by atoms with Crippen LogP contribution in [0.5, 0.6) is 0 Å². The smallest absolute Gasteiger partial charge is 0.320 e. The van der Waals surface area contributed by atoms with E-state index in [-0.39, 0.29) is 6.42 Å². The van der Waals surface area contributed by atoms with Crippen molar-refractivity contribution in [2.75, 3.05) is 19.0 Å². The fraction of sp³-hybridized carbons (Fsp3) is 0.364. The van der Waals surface area contributed by atoms with E-state index in [1.54, 1.807) is 11.0 Å². The van der Waals surface area contributed by atoms with Crippen LogP contribution in [0.25, 0.3) is 0 Å². The predicted molar refractivity (Wildman–Crippen MR) is 60.0 cm³/mol. The highest BCUT2D eigenvalue weighted by atomic mass is 19.1. The molecule has 1 atom stereocenters. The SMILES string of the molecule is CN(C)c1ccc(F)cc1CC(N)C(=O)O. The van der Waals surface area contributed by atoms with Crippen molar-refractivity contribution in [3.05, 3.63) is 29.6 Å². The average Bonchev–Trinajstić information content (AvgIpc) is 2.16. The summed E-state index contributed by atoms with van der Waals surface area (Å²) in [6.07, 6.45) is 0.112. The van der Waals surface area contributed by atoms with E-state index in [0.29, 0.717) is 5.56 Å². The van der Waals surface area contributed by atoms with Crippen LogP contribution in [0.4, 0.5) is 10.1 Å². The molecule has 0 aromatic heterocycles. The minimum absolute atomic E-state index is 0.112. The molecule has 88 valence electrons. The van der Waals surface area contributed by atoms with E-state index in [2.05, 4.69) is 0 Å². The van der Waals surface area contributed by atoms with Gasteiger partial charge < -0.3 is 15.7 Å². The summed E-state index contributed by atoms with van der Waals surface area (Å²) >= 11 is 0. The highest BCUT2D eigenvalue weighted by Gasteiger charge is 2.15. The third kappa shape index (κ3) is 2.93. The van der Waals surface area contributed by atoms with Crippen LogP contribution in [-0.2, 0) is 11.2 Å². The number of rotatable bonds is 4. The predicted octanol–water partition coefficient (Wildman–Crippen LogP) is 0.846. The summed E-state index contributed by atoms with van der Waals surface area (Å²) in [5, 5.41) is 8.71. The molecule has 0 saturated heterocycles. The normalized spacial score (nSPS) is 12.2. The highest BCUT2D eigenvalue weighted by molar-refractivity contribution is 5.74. The lowest BCUT2D eigenvalue weighted by Crippen LogP contribution is -2.32. The van der Waals surface area contributed by atoms with Crippen LogP contribution in [0.3, 0.4) is 0 Å². The molecule has 0 amide bonds. The first kappa shape index (κ1) is 12.4. The van der Waals surface area contributed by atoms with E-state index in [1.807, 2.05) is 14.1 Å². The van der Waals surface area contributed by atoms with Gasteiger partial charge in [0.25, 0.3) is 0 Å². The molecule has 1 unspecified atom stereocenters. The number of hydrogen-bond donors (Lipinski definition) is 2. The number of nitrogens with zero attached hydrogens (tertiary/aromatic N) is 1. The second-order valence-electron chi connectivity index (χ2n) is 3.82. The number of nitrogens with two attached hydrogens (primary N) is 1. The molecule has 5 heteroatoms. The van der Waals surface area contributed by atoms with Gasteiger partial charge >= 0.3 is 5.97 Å². The third-order valence-electron chi connectivity index (χ3n) is 2.28. The molecule has 4 nitrogen and oxygen atoms in total. The van der Waals surface area contributed by atoms with Crippen LogP contribution in [-0.4, -0.2) is 31.2 Å². The summed E-state index contributed by atoms with van der Waals surface area (Å²) in [6, 6.07) is 3.25. The molecule has 0 aliphatic rings. The van der Waals surface area contributed by atoms with Crippen LogP contribution >= 0.6 is 0 Å². The molecule has 0 bridgehead atoms. The zero-order valence-electron chi connectivity index (χ0n) is 9.27. The van der Waals surface area contributed by atoms with E-state index in [4.69, 9.17) is 10.8 Å². The Labute approximate surface area is 93.5 Å². The van der Waals surface area contributed by atoms with Gasteiger partial charge in [0, 0.05) is 26.2 Å². The maximum Gasteiger partial charge on any atom is 0.320 e. The molecule has 0 spiro atoms. The second kappa shape index (κ2) is 4.94. The Balaban J connectivity index is 3.01. The lowest BCUT2D eigenvalue weighted by atomic mass is 10.0. The van der Waals surface area contributed by atoms with Gasteiger partial charge in [-0.25, -0.2) is 4.39 Å². The largest absolute Gasteiger partial charge is 0.480 e. The third-order valence-corrected chi connectivity index (χ3v) is 2.28. The van der Waals surface area contributed by atoms with Crippen molar-refractivity contribution in [1.29, 1.82) is 0 Å². The quantitative estimate of drug-likeness (QED) is 0.798. The van der Waals surface area contributed by atoms with E-state index in [0.717, 1.165) is 5.69 Å². The van der Waals surface area contributed by atoms with E-state index in [9.17, 15) is 9.18 Å². The van der Waals surface area contributed by atoms with Gasteiger partial charge in [0.05, 0.1) is 0 Å². The molecule has 0 saturated carbocycles. The van der Waals surface area contributed by atoms with Gasteiger partial charge in [0.1, 0.15) is 11.9 Å². The molecule has 0 fully saturated rings. The van der Waals surface area contributed by atoms with Crippen molar-refractivity contribution < 1.29 is 14.3 Å². The number of carboxylic acids is 1. The molecule has 3 N–H and O–H groups in total. The molecule has 0 heterocycles. The standard InChI is InChI=1S/C11H15FN2O2/c1-14(2)10-4-3-8(12)5-7(10)6-9(13)11(15)16/h3-5,9H,6,13H2,1-2H3,(H,15,16). The van der Waals surface area contributed by atoms with Crippen molar-refractivity contribution >= 4 is 11.7 Å². The number of aliphatic carboxylic acids is 1. The summed E-state index contributed by atoms with van der Waals surface area (Å²) in [7, 11) is 3.62. The summed E-state index contributed by atoms with van der Waals surface area (Å²) in [6.45, 7) is 0. The number of carboxylic acid groups (broad SMARTS) is 1. The number of hydrogen-bond acceptors (Lipinski definition) is 3. The molecule has 16 heavy (non-hydrogen) atoms. The summed E-state index contributed by atoms with van der Waals surface area (Å²) in [4.78, 5) is 12.4. The van der Waals surface area contributed by atoms with Crippen LogP contribution in [0, 0.1) is 5.82 Å². The first-order valence-electron chi connectivity index (χ1n) is 4.86. The van der Waals surface area contributed by atoms with E-state index < -0.39 is 17.8 Å².